The maximum absolute atomic E-state index is 13.0. The van der Waals surface area contributed by atoms with Crippen molar-refractivity contribution in [3.05, 3.63) is 57.7 Å². The Labute approximate surface area is 194 Å². The van der Waals surface area contributed by atoms with E-state index in [0.29, 0.717) is 23.0 Å². The van der Waals surface area contributed by atoms with Crippen molar-refractivity contribution in [1.82, 2.24) is 14.8 Å². The van der Waals surface area contributed by atoms with E-state index in [-0.39, 0.29) is 5.91 Å². The van der Waals surface area contributed by atoms with E-state index in [1.165, 1.54) is 28.7 Å². The summed E-state index contributed by atoms with van der Waals surface area (Å²) in [5, 5.41) is 12.7. The summed E-state index contributed by atoms with van der Waals surface area (Å²) in [6.45, 7) is 2.53. The number of hydrogen-bond donors (Lipinski definition) is 2. The summed E-state index contributed by atoms with van der Waals surface area (Å²) in [6.07, 6.45) is 5.07. The van der Waals surface area contributed by atoms with Crippen LogP contribution in [0.4, 0.5) is 5.00 Å². The summed E-state index contributed by atoms with van der Waals surface area (Å²) in [4.78, 5) is 26.2. The molecule has 166 valence electrons. The third kappa shape index (κ3) is 4.19. The summed E-state index contributed by atoms with van der Waals surface area (Å²) in [5.41, 5.74) is 8.29. The molecule has 3 N–H and O–H groups in total. The number of benzene rings is 1. The highest BCUT2D eigenvalue weighted by atomic mass is 32.2. The zero-order valence-corrected chi connectivity index (χ0v) is 19.5. The third-order valence-corrected chi connectivity index (χ3v) is 8.22. The fourth-order valence-corrected chi connectivity index (χ4v) is 6.28. The molecule has 1 aromatic carbocycles. The molecule has 0 radical (unpaired) electrons. The quantitative estimate of drug-likeness (QED) is 0.488. The number of hydrogen-bond acceptors (Lipinski definition) is 6. The predicted molar refractivity (Wildman–Crippen MR) is 126 cm³/mol. The van der Waals surface area contributed by atoms with Gasteiger partial charge < -0.3 is 15.6 Å². The Morgan fingerprint density at radius 3 is 2.75 bits per heavy atom. The molecule has 5 rings (SSSR count). The second-order valence-corrected chi connectivity index (χ2v) is 10.8. The highest BCUT2D eigenvalue weighted by molar-refractivity contribution is 8.00. The fraction of sp³-hybridized carbons (Fsp3) is 0.391. The number of amides is 2. The Morgan fingerprint density at radius 1 is 1.25 bits per heavy atom. The first-order valence-electron chi connectivity index (χ1n) is 10.9. The number of aromatic nitrogens is 3. The van der Waals surface area contributed by atoms with Gasteiger partial charge in [-0.25, -0.2) is 0 Å². The molecule has 9 heteroatoms. The Balaban J connectivity index is 1.34. The third-order valence-electron chi connectivity index (χ3n) is 5.93. The minimum Gasteiger partial charge on any atom is -0.365 e. The number of carbonyl (C=O) groups excluding carboxylic acids is 2. The molecule has 0 unspecified atom stereocenters. The van der Waals surface area contributed by atoms with Crippen molar-refractivity contribution in [2.45, 2.75) is 61.9 Å². The molecular weight excluding hydrogens is 442 g/mol. The number of anilines is 1. The molecule has 0 bridgehead atoms. The molecule has 1 saturated carbocycles. The van der Waals surface area contributed by atoms with Gasteiger partial charge in [-0.1, -0.05) is 42.1 Å². The number of primary amides is 1. The largest absolute Gasteiger partial charge is 0.365 e. The average molecular weight is 468 g/mol. The SMILES string of the molecule is C[C@H](Sc1nnc(C2CC2)n1Cc1ccccc1)C(=O)Nc1sc2c(c1C(N)=O)CCC2. The zero-order chi connectivity index (χ0) is 22.2. The summed E-state index contributed by atoms with van der Waals surface area (Å²) in [7, 11) is 0. The Morgan fingerprint density at radius 2 is 2.03 bits per heavy atom. The van der Waals surface area contributed by atoms with E-state index in [0.717, 1.165) is 53.5 Å². The van der Waals surface area contributed by atoms with Gasteiger partial charge in [0.1, 0.15) is 10.8 Å². The van der Waals surface area contributed by atoms with Crippen LogP contribution in [0.2, 0.25) is 0 Å². The van der Waals surface area contributed by atoms with Gasteiger partial charge in [0, 0.05) is 10.8 Å². The van der Waals surface area contributed by atoms with Gasteiger partial charge in [-0.05, 0) is 50.2 Å². The number of thiophene rings is 1. The van der Waals surface area contributed by atoms with Gasteiger partial charge in [-0.3, -0.25) is 9.59 Å². The van der Waals surface area contributed by atoms with Crippen LogP contribution >= 0.6 is 23.1 Å². The standard InChI is InChI=1S/C23H25N5O2S2/c1-13(21(30)25-22-18(19(24)29)16-8-5-9-17(16)32-22)31-23-27-26-20(15-10-11-15)28(23)12-14-6-3-2-4-7-14/h2-4,6-7,13,15H,5,8-12H2,1H3,(H2,24,29)(H,25,30)/t13-/m0/s1. The Bertz CT molecular complexity index is 1170. The second-order valence-electron chi connectivity index (χ2n) is 8.36. The van der Waals surface area contributed by atoms with Crippen molar-refractivity contribution in [1.29, 1.82) is 0 Å². The lowest BCUT2D eigenvalue weighted by atomic mass is 10.1. The van der Waals surface area contributed by atoms with E-state index in [2.05, 4.69) is 32.2 Å². The minimum absolute atomic E-state index is 0.167. The summed E-state index contributed by atoms with van der Waals surface area (Å²) < 4.78 is 2.13. The molecule has 2 aromatic heterocycles. The molecule has 0 spiro atoms. The molecule has 2 amide bonds. The van der Waals surface area contributed by atoms with Crippen LogP contribution in [0, 0.1) is 0 Å². The van der Waals surface area contributed by atoms with E-state index in [4.69, 9.17) is 5.73 Å². The van der Waals surface area contributed by atoms with E-state index in [9.17, 15) is 9.59 Å². The topological polar surface area (TPSA) is 103 Å². The Hall–Kier alpha value is -2.65. The van der Waals surface area contributed by atoms with Gasteiger partial charge in [0.2, 0.25) is 5.91 Å². The molecule has 2 heterocycles. The number of aryl methyl sites for hydroxylation is 1. The van der Waals surface area contributed by atoms with Crippen LogP contribution in [0.15, 0.2) is 35.5 Å². The average Bonchev–Trinajstić information content (AvgIpc) is 3.24. The first-order valence-corrected chi connectivity index (χ1v) is 12.6. The number of nitrogens with zero attached hydrogens (tertiary/aromatic N) is 3. The molecule has 0 aliphatic heterocycles. The first kappa shape index (κ1) is 21.2. The first-order chi connectivity index (χ1) is 15.5. The number of rotatable bonds is 8. The van der Waals surface area contributed by atoms with Crippen LogP contribution in [0.1, 0.15) is 64.3 Å². The highest BCUT2D eigenvalue weighted by Gasteiger charge is 2.32. The smallest absolute Gasteiger partial charge is 0.251 e. The van der Waals surface area contributed by atoms with E-state index >= 15 is 0 Å². The van der Waals surface area contributed by atoms with Gasteiger partial charge in [-0.15, -0.1) is 21.5 Å². The van der Waals surface area contributed by atoms with E-state index < -0.39 is 11.2 Å². The van der Waals surface area contributed by atoms with Crippen molar-refractivity contribution >= 4 is 39.9 Å². The number of nitrogens with two attached hydrogens (primary N) is 1. The predicted octanol–water partition coefficient (Wildman–Crippen LogP) is 3.97. The van der Waals surface area contributed by atoms with Crippen molar-refractivity contribution in [2.24, 2.45) is 5.73 Å². The van der Waals surface area contributed by atoms with Crippen LogP contribution in [-0.2, 0) is 24.2 Å². The van der Waals surface area contributed by atoms with Crippen molar-refractivity contribution in [3.8, 4) is 0 Å². The van der Waals surface area contributed by atoms with Gasteiger partial charge in [0.25, 0.3) is 5.91 Å². The van der Waals surface area contributed by atoms with Crippen LogP contribution in [-0.4, -0.2) is 31.8 Å². The molecule has 0 saturated heterocycles. The molecule has 7 nitrogen and oxygen atoms in total. The van der Waals surface area contributed by atoms with Gasteiger partial charge in [0.05, 0.1) is 17.4 Å². The summed E-state index contributed by atoms with van der Waals surface area (Å²) in [5.74, 6) is 0.808. The normalized spacial score (nSPS) is 16.0. The van der Waals surface area contributed by atoms with Crippen LogP contribution in [0.3, 0.4) is 0 Å². The maximum atomic E-state index is 13.0. The zero-order valence-electron chi connectivity index (χ0n) is 17.8. The van der Waals surface area contributed by atoms with Gasteiger partial charge >= 0.3 is 0 Å². The molecule has 1 fully saturated rings. The molecule has 3 aromatic rings. The number of carbonyl (C=O) groups is 2. The molecule has 32 heavy (non-hydrogen) atoms. The van der Waals surface area contributed by atoms with Gasteiger partial charge in [-0.2, -0.15) is 0 Å². The molecule has 1 atom stereocenters. The second kappa shape index (κ2) is 8.71. The molecule has 2 aliphatic carbocycles. The summed E-state index contributed by atoms with van der Waals surface area (Å²) in [6, 6.07) is 10.2. The van der Waals surface area contributed by atoms with Crippen LogP contribution < -0.4 is 11.1 Å². The van der Waals surface area contributed by atoms with Crippen molar-refractivity contribution < 1.29 is 9.59 Å². The van der Waals surface area contributed by atoms with Crippen molar-refractivity contribution in [2.75, 3.05) is 5.32 Å². The van der Waals surface area contributed by atoms with Crippen molar-refractivity contribution in [3.63, 3.8) is 0 Å². The fourth-order valence-electron chi connectivity index (χ4n) is 4.12. The Kier molecular flexibility index (Phi) is 5.77. The lowest BCUT2D eigenvalue weighted by Crippen LogP contribution is -2.24. The molecular formula is C23H25N5O2S2. The van der Waals surface area contributed by atoms with E-state index in [1.807, 2.05) is 25.1 Å². The van der Waals surface area contributed by atoms with Crippen LogP contribution in [0.5, 0.6) is 0 Å². The summed E-state index contributed by atoms with van der Waals surface area (Å²) >= 11 is 2.87. The molecule has 2 aliphatic rings. The minimum atomic E-state index is -0.475. The lowest BCUT2D eigenvalue weighted by Gasteiger charge is -2.14. The number of thioether (sulfide) groups is 1. The monoisotopic (exact) mass is 467 g/mol. The lowest BCUT2D eigenvalue weighted by molar-refractivity contribution is -0.115. The number of fused-ring (bicyclic) bond motifs is 1. The van der Waals surface area contributed by atoms with Crippen LogP contribution in [0.25, 0.3) is 0 Å². The van der Waals surface area contributed by atoms with Gasteiger partial charge in [0.15, 0.2) is 5.16 Å². The van der Waals surface area contributed by atoms with E-state index in [1.54, 1.807) is 0 Å². The highest BCUT2D eigenvalue weighted by Crippen LogP contribution is 2.41. The number of nitrogens with one attached hydrogen (secondary N) is 1. The maximum Gasteiger partial charge on any atom is 0.251 e.